The van der Waals surface area contributed by atoms with Crippen molar-refractivity contribution >= 4 is 5.97 Å². The Morgan fingerprint density at radius 2 is 2.38 bits per heavy atom. The number of hydrogen-bond acceptors (Lipinski definition) is 4. The Morgan fingerprint density at radius 1 is 1.88 bits per heavy atom. The van der Waals surface area contributed by atoms with Crippen molar-refractivity contribution < 1.29 is 15.0 Å². The second-order valence-corrected chi connectivity index (χ2v) is 1.24. The molecule has 0 amide bonds. The topological polar surface area (TPSA) is 95.6 Å². The van der Waals surface area contributed by atoms with Gasteiger partial charge >= 0.3 is 5.97 Å². The molecule has 0 aromatic carbocycles. The molecule has 0 rings (SSSR count). The molecule has 5 nitrogen and oxygen atoms in total. The molecule has 0 radical (unpaired) electrons. The molecule has 0 saturated carbocycles. The summed E-state index contributed by atoms with van der Waals surface area (Å²) in [7, 11) is 0. The number of rotatable bonds is 3. The van der Waals surface area contributed by atoms with E-state index in [4.69, 9.17) is 16.1 Å². The van der Waals surface area contributed by atoms with Crippen LogP contribution in [0.2, 0.25) is 0 Å². The van der Waals surface area contributed by atoms with Gasteiger partial charge in [-0.25, -0.2) is 5.43 Å². The first-order valence-electron chi connectivity index (χ1n) is 2.02. The van der Waals surface area contributed by atoms with Crippen LogP contribution in [0.3, 0.4) is 0 Å². The summed E-state index contributed by atoms with van der Waals surface area (Å²) in [5.41, 5.74) is 1.90. The normalized spacial score (nSPS) is 13.2. The highest BCUT2D eigenvalue weighted by Gasteiger charge is 2.11. The molecule has 0 bridgehead atoms. The van der Waals surface area contributed by atoms with Gasteiger partial charge in [-0.1, -0.05) is 0 Å². The smallest absolute Gasteiger partial charge is 0.324 e. The first-order chi connectivity index (χ1) is 3.72. The van der Waals surface area contributed by atoms with Gasteiger partial charge in [0.15, 0.2) is 0 Å². The average Bonchev–Trinajstić information content (AvgIpc) is 1.69. The summed E-state index contributed by atoms with van der Waals surface area (Å²) in [6.45, 7) is -0.494. The van der Waals surface area contributed by atoms with Crippen LogP contribution in [-0.4, -0.2) is 28.8 Å². The van der Waals surface area contributed by atoms with Gasteiger partial charge in [0.05, 0.1) is 6.61 Å². The number of nitrogens with one attached hydrogen (secondary N) is 1. The number of carboxylic acid groups (broad SMARTS) is 1. The van der Waals surface area contributed by atoms with E-state index < -0.39 is 18.6 Å². The van der Waals surface area contributed by atoms with Gasteiger partial charge in [0.2, 0.25) is 0 Å². The van der Waals surface area contributed by atoms with Crippen LogP contribution in [0.5, 0.6) is 0 Å². The molecule has 0 heterocycles. The van der Waals surface area contributed by atoms with Crippen LogP contribution in [0.1, 0.15) is 0 Å². The van der Waals surface area contributed by atoms with Crippen LogP contribution in [0.4, 0.5) is 0 Å². The van der Waals surface area contributed by atoms with Crippen molar-refractivity contribution in [2.75, 3.05) is 6.61 Å². The molecule has 0 aliphatic heterocycles. The zero-order chi connectivity index (χ0) is 6.57. The Balaban J connectivity index is 3.52. The lowest BCUT2D eigenvalue weighted by Crippen LogP contribution is -2.43. The lowest BCUT2D eigenvalue weighted by Gasteiger charge is -2.04. The van der Waals surface area contributed by atoms with E-state index in [-0.39, 0.29) is 0 Å². The third kappa shape index (κ3) is 1.87. The standard InChI is InChI=1S/C3H8N2O3/c4-5-2(1-6)3(7)8/h2,5-6H,1,4H2,(H,7,8). The number of hydrazine groups is 1. The lowest BCUT2D eigenvalue weighted by molar-refractivity contribution is -0.140. The van der Waals surface area contributed by atoms with E-state index in [2.05, 4.69) is 0 Å². The third-order valence-corrected chi connectivity index (χ3v) is 0.682. The summed E-state index contributed by atoms with van der Waals surface area (Å²) in [5.74, 6) is 3.54. The van der Waals surface area contributed by atoms with Gasteiger partial charge in [0.1, 0.15) is 6.04 Å². The molecule has 5 N–H and O–H groups in total. The van der Waals surface area contributed by atoms with Gasteiger partial charge in [-0.05, 0) is 0 Å². The van der Waals surface area contributed by atoms with Crippen LogP contribution < -0.4 is 11.3 Å². The van der Waals surface area contributed by atoms with Gasteiger partial charge in [-0.15, -0.1) is 0 Å². The average molecular weight is 120 g/mol. The van der Waals surface area contributed by atoms with Crippen molar-refractivity contribution in [1.82, 2.24) is 5.43 Å². The molecule has 0 aliphatic rings. The van der Waals surface area contributed by atoms with Gasteiger partial charge in [0, 0.05) is 0 Å². The zero-order valence-corrected chi connectivity index (χ0v) is 4.16. The molecule has 0 fully saturated rings. The SMILES string of the molecule is NNC(CO)C(=O)O. The van der Waals surface area contributed by atoms with Gasteiger partial charge in [-0.2, -0.15) is 0 Å². The molecule has 8 heavy (non-hydrogen) atoms. The minimum absolute atomic E-state index is 0.494. The van der Waals surface area contributed by atoms with Gasteiger partial charge < -0.3 is 10.2 Å². The highest BCUT2D eigenvalue weighted by atomic mass is 16.4. The maximum atomic E-state index is 9.86. The molecular weight excluding hydrogens is 112 g/mol. The summed E-state index contributed by atoms with van der Waals surface area (Å²) in [5, 5.41) is 16.2. The molecule has 0 saturated heterocycles. The molecule has 48 valence electrons. The van der Waals surface area contributed by atoms with E-state index in [1.807, 2.05) is 5.43 Å². The Morgan fingerprint density at radius 3 is 2.38 bits per heavy atom. The molecule has 0 aliphatic carbocycles. The van der Waals surface area contributed by atoms with Crippen molar-refractivity contribution in [3.8, 4) is 0 Å². The lowest BCUT2D eigenvalue weighted by atomic mass is 10.3. The van der Waals surface area contributed by atoms with Gasteiger partial charge in [-0.3, -0.25) is 10.6 Å². The number of aliphatic hydroxyl groups excluding tert-OH is 1. The Bertz CT molecular complexity index is 80.6. The van der Waals surface area contributed by atoms with Gasteiger partial charge in [0.25, 0.3) is 0 Å². The van der Waals surface area contributed by atoms with Crippen molar-refractivity contribution in [1.29, 1.82) is 0 Å². The van der Waals surface area contributed by atoms with E-state index >= 15 is 0 Å². The number of aliphatic hydroxyl groups is 1. The predicted octanol–water partition coefficient (Wildman–Crippen LogP) is -2.10. The maximum absolute atomic E-state index is 9.86. The molecule has 1 atom stereocenters. The van der Waals surface area contributed by atoms with Crippen molar-refractivity contribution in [3.63, 3.8) is 0 Å². The number of carboxylic acids is 1. The summed E-state index contributed by atoms with van der Waals surface area (Å²) in [4.78, 5) is 9.86. The number of carbonyl (C=O) groups is 1. The second kappa shape index (κ2) is 3.36. The van der Waals surface area contributed by atoms with E-state index in [0.717, 1.165) is 0 Å². The third-order valence-electron chi connectivity index (χ3n) is 0.682. The number of aliphatic carboxylic acids is 1. The summed E-state index contributed by atoms with van der Waals surface area (Å²) in [6, 6.07) is -1.05. The highest BCUT2D eigenvalue weighted by molar-refractivity contribution is 5.73. The number of hydrogen-bond donors (Lipinski definition) is 4. The minimum Gasteiger partial charge on any atom is -0.480 e. The summed E-state index contributed by atoms with van der Waals surface area (Å²) < 4.78 is 0. The van der Waals surface area contributed by atoms with Crippen LogP contribution in [-0.2, 0) is 4.79 Å². The number of nitrogens with two attached hydrogens (primary N) is 1. The Kier molecular flexibility index (Phi) is 3.09. The van der Waals surface area contributed by atoms with Crippen molar-refractivity contribution in [2.45, 2.75) is 6.04 Å². The second-order valence-electron chi connectivity index (χ2n) is 1.24. The zero-order valence-electron chi connectivity index (χ0n) is 4.16. The first kappa shape index (κ1) is 7.35. The fourth-order valence-corrected chi connectivity index (χ4v) is 0.202. The van der Waals surface area contributed by atoms with Crippen molar-refractivity contribution in [2.24, 2.45) is 5.84 Å². The molecule has 0 aromatic rings. The van der Waals surface area contributed by atoms with Crippen LogP contribution in [0, 0.1) is 0 Å². The fraction of sp³-hybridized carbons (Fsp3) is 0.667. The van der Waals surface area contributed by atoms with Crippen LogP contribution >= 0.6 is 0 Å². The van der Waals surface area contributed by atoms with Crippen LogP contribution in [0.15, 0.2) is 0 Å². The molecule has 0 spiro atoms. The minimum atomic E-state index is -1.16. The molecule has 5 heteroatoms. The highest BCUT2D eigenvalue weighted by Crippen LogP contribution is 1.75. The van der Waals surface area contributed by atoms with E-state index in [0.29, 0.717) is 0 Å². The van der Waals surface area contributed by atoms with Crippen LogP contribution in [0.25, 0.3) is 0 Å². The predicted molar refractivity (Wildman–Crippen MR) is 25.8 cm³/mol. The van der Waals surface area contributed by atoms with E-state index in [1.165, 1.54) is 0 Å². The molecule has 1 unspecified atom stereocenters. The molecule has 0 aromatic heterocycles. The summed E-state index contributed by atoms with van der Waals surface area (Å²) in [6.07, 6.45) is 0. The van der Waals surface area contributed by atoms with Crippen molar-refractivity contribution in [3.05, 3.63) is 0 Å². The van der Waals surface area contributed by atoms with E-state index in [1.54, 1.807) is 0 Å². The Hall–Kier alpha value is -0.650. The van der Waals surface area contributed by atoms with E-state index in [9.17, 15) is 4.79 Å². The quantitative estimate of drug-likeness (QED) is 0.252. The fourth-order valence-electron chi connectivity index (χ4n) is 0.202. The molecular formula is C3H8N2O3. The monoisotopic (exact) mass is 120 g/mol. The largest absolute Gasteiger partial charge is 0.480 e. The first-order valence-corrected chi connectivity index (χ1v) is 2.02. The Labute approximate surface area is 46.1 Å². The summed E-state index contributed by atoms with van der Waals surface area (Å²) >= 11 is 0. The maximum Gasteiger partial charge on any atom is 0.324 e.